The van der Waals surface area contributed by atoms with Gasteiger partial charge in [0.05, 0.1) is 34.2 Å². The Morgan fingerprint density at radius 1 is 1.06 bits per heavy atom. The maximum Gasteiger partial charge on any atom is 0.410 e. The van der Waals surface area contributed by atoms with Gasteiger partial charge in [-0.3, -0.25) is 33.7 Å². The van der Waals surface area contributed by atoms with Crippen LogP contribution in [0.3, 0.4) is 0 Å². The normalized spacial score (nSPS) is 23.9. The van der Waals surface area contributed by atoms with Gasteiger partial charge in [0, 0.05) is 38.2 Å². The molecule has 0 saturated carbocycles. The number of ether oxygens (including phenoxy) is 2. The number of nitrogens with zero attached hydrogens (tertiary/aromatic N) is 5. The zero-order chi connectivity index (χ0) is 51.7. The first-order chi connectivity index (χ1) is 33.7. The van der Waals surface area contributed by atoms with Crippen molar-refractivity contribution in [1.29, 1.82) is 0 Å². The van der Waals surface area contributed by atoms with Gasteiger partial charge in [-0.25, -0.2) is 19.7 Å². The Balaban J connectivity index is 0.914. The lowest BCUT2D eigenvalue weighted by molar-refractivity contribution is -0.185. The van der Waals surface area contributed by atoms with Crippen molar-refractivity contribution in [3.63, 3.8) is 0 Å². The van der Waals surface area contributed by atoms with Crippen LogP contribution in [0.4, 0.5) is 16.3 Å². The predicted molar refractivity (Wildman–Crippen MR) is 265 cm³/mol. The molecule has 23 nitrogen and oxygen atoms in total. The molecule has 10 atom stereocenters. The van der Waals surface area contributed by atoms with Crippen LogP contribution in [0.1, 0.15) is 59.4 Å². The molecule has 0 spiro atoms. The first-order valence-electron chi connectivity index (χ1n) is 23.0. The molecule has 0 radical (unpaired) electrons. The lowest BCUT2D eigenvalue weighted by Crippen LogP contribution is -2.66. The molecule has 0 aliphatic carbocycles. The zero-order valence-electron chi connectivity index (χ0n) is 39.9. The number of hydrogen-bond donors (Lipinski definition) is 9. The fraction of sp³-hybridized carbons (Fsp3) is 0.489. The van der Waals surface area contributed by atoms with Gasteiger partial charge in [0.25, 0.3) is 0 Å². The molecule has 7 amide bonds. The van der Waals surface area contributed by atoms with Crippen LogP contribution >= 0.6 is 22.6 Å². The van der Waals surface area contributed by atoms with E-state index in [0.717, 1.165) is 10.5 Å². The van der Waals surface area contributed by atoms with Crippen molar-refractivity contribution in [3.8, 4) is 0 Å². The number of imidazole rings is 1. The number of benzene rings is 1. The van der Waals surface area contributed by atoms with Gasteiger partial charge in [0.1, 0.15) is 48.8 Å². The third-order valence-corrected chi connectivity index (χ3v) is 13.6. The minimum atomic E-state index is -1.55. The number of fused-ring (bicyclic) bond motifs is 1. The van der Waals surface area contributed by atoms with E-state index in [4.69, 9.17) is 9.47 Å². The zero-order valence-corrected chi connectivity index (χ0v) is 42.0. The minimum Gasteiger partial charge on any atom is -0.445 e. The molecular formula is C47H60IN11O12. The molecule has 3 aliphatic heterocycles. The average molecular weight is 1100 g/mol. The number of H-pyrrole nitrogens is 1. The SMILES string of the molecule is C=C(C)[C@H](NC(=O)CCN1C(=O)CC(C(I)(C=CC)C=C(C)C)C1=O)C(=O)N[C@@H](C)C(=O)Nc1ccc(COC(=O)N2CC[C@H](C(=O)N[C@@H]3[C@@H](O)[C@H](O)[C@@H](Nc4ncnc5nc[nH]c45)O[C@H]3CO)C2)cc1. The standard InChI is InChI=1S/C47H60IN11O12/c1-7-14-47(48,18-24(2)3)30-17-33(62)59(45(30)68)16-13-32(61)55-34(25(4)5)43(67)53-26(6)41(65)54-29-10-8-27(9-11-29)21-70-46(69)58-15-12-28(19-58)42(66)56-35-31(20-60)71-44(38(64)37(35)63)57-40-36-39(50-22-49-36)51-23-52-40/h7-11,14,18,22-23,26,28,30-31,34-35,37-38,44,60,63-64H,4,12-13,15-17,19-21H2,1-3,5-6H3,(H,53,67)(H,54,65)(H,55,61)(H,56,66)(H2,49,50,51,52,57)/t26-,28-,30?,31-,34-,35-,37+,38-,44-,47?/m0/s1. The van der Waals surface area contributed by atoms with Crippen LogP contribution < -0.4 is 26.6 Å². The summed E-state index contributed by atoms with van der Waals surface area (Å²) in [5.41, 5.74) is 3.02. The molecule has 24 heteroatoms. The Kier molecular flexibility index (Phi) is 18.0. The van der Waals surface area contributed by atoms with E-state index in [0.29, 0.717) is 22.4 Å². The van der Waals surface area contributed by atoms with Crippen molar-refractivity contribution >= 4 is 86.8 Å². The van der Waals surface area contributed by atoms with Crippen LogP contribution in [0.25, 0.3) is 11.2 Å². The highest BCUT2D eigenvalue weighted by Gasteiger charge is 2.49. The van der Waals surface area contributed by atoms with Crippen LogP contribution in [-0.4, -0.2) is 159 Å². The molecule has 1 aromatic carbocycles. The monoisotopic (exact) mass is 1100 g/mol. The van der Waals surface area contributed by atoms with Crippen molar-refractivity contribution in [2.45, 2.75) is 107 Å². The van der Waals surface area contributed by atoms with E-state index >= 15 is 0 Å². The maximum absolute atomic E-state index is 13.4. The molecular weight excluding hydrogens is 1040 g/mol. The van der Waals surface area contributed by atoms with Crippen LogP contribution in [0.15, 0.2) is 72.9 Å². The summed E-state index contributed by atoms with van der Waals surface area (Å²) in [6.07, 6.45) is 2.25. The second-order valence-electron chi connectivity index (χ2n) is 17.9. The summed E-state index contributed by atoms with van der Waals surface area (Å²) in [6.45, 7) is 11.8. The molecule has 382 valence electrons. The first kappa shape index (κ1) is 54.0. The van der Waals surface area contributed by atoms with E-state index in [1.165, 1.54) is 31.4 Å². The summed E-state index contributed by atoms with van der Waals surface area (Å²) < 4.78 is 10.6. The quantitative estimate of drug-likeness (QED) is 0.0354. The van der Waals surface area contributed by atoms with Crippen LogP contribution in [0.2, 0.25) is 0 Å². The molecule has 2 unspecified atom stereocenters. The number of imide groups is 1. The molecule has 3 aliphatic rings. The van der Waals surface area contributed by atoms with Gasteiger partial charge in [0.15, 0.2) is 17.7 Å². The first-order valence-corrected chi connectivity index (χ1v) is 24.0. The number of aliphatic hydroxyl groups is 3. The number of rotatable bonds is 19. The van der Waals surface area contributed by atoms with Gasteiger partial charge in [-0.2, -0.15) is 0 Å². The fourth-order valence-electron chi connectivity index (χ4n) is 8.47. The molecule has 9 N–H and O–H groups in total. The minimum absolute atomic E-state index is 0.00131. The fourth-order valence-corrected chi connectivity index (χ4v) is 9.94. The highest BCUT2D eigenvalue weighted by Crippen LogP contribution is 2.40. The number of halogens is 1. The van der Waals surface area contributed by atoms with Gasteiger partial charge < -0.3 is 61.3 Å². The number of amides is 7. The summed E-state index contributed by atoms with van der Waals surface area (Å²) in [5, 5.41) is 45.5. The van der Waals surface area contributed by atoms with Crippen LogP contribution in [0.5, 0.6) is 0 Å². The summed E-state index contributed by atoms with van der Waals surface area (Å²) in [7, 11) is 0. The van der Waals surface area contributed by atoms with Gasteiger partial charge >= 0.3 is 6.09 Å². The number of aliphatic hydroxyl groups excluding tert-OH is 3. The van der Waals surface area contributed by atoms with Gasteiger partial charge in [0.2, 0.25) is 35.4 Å². The van der Waals surface area contributed by atoms with E-state index in [9.17, 15) is 48.9 Å². The van der Waals surface area contributed by atoms with Crippen LogP contribution in [-0.2, 0) is 44.8 Å². The van der Waals surface area contributed by atoms with Crippen molar-refractivity contribution in [3.05, 3.63) is 78.4 Å². The van der Waals surface area contributed by atoms with E-state index in [1.54, 1.807) is 24.3 Å². The molecule has 3 saturated heterocycles. The number of allylic oxidation sites excluding steroid dienone is 4. The lowest BCUT2D eigenvalue weighted by atomic mass is 9.88. The number of alkyl halides is 1. The van der Waals surface area contributed by atoms with E-state index < -0.39 is 94.3 Å². The maximum atomic E-state index is 13.4. The summed E-state index contributed by atoms with van der Waals surface area (Å²) in [6, 6.07) is 2.96. The Bertz CT molecular complexity index is 2550. The second-order valence-corrected chi connectivity index (χ2v) is 19.8. The van der Waals surface area contributed by atoms with E-state index in [-0.39, 0.29) is 68.7 Å². The Morgan fingerprint density at radius 2 is 1.79 bits per heavy atom. The van der Waals surface area contributed by atoms with Crippen molar-refractivity contribution in [2.24, 2.45) is 11.8 Å². The Hall–Kier alpha value is -6.35. The van der Waals surface area contributed by atoms with Crippen LogP contribution in [0, 0.1) is 11.8 Å². The number of nitrogens with one attached hydrogen (secondary N) is 6. The smallest absolute Gasteiger partial charge is 0.410 e. The summed E-state index contributed by atoms with van der Waals surface area (Å²) in [5.74, 6) is -4.23. The number of aromatic amines is 1. The molecule has 3 fully saturated rings. The third-order valence-electron chi connectivity index (χ3n) is 12.2. The van der Waals surface area contributed by atoms with Crippen molar-refractivity contribution in [2.75, 3.05) is 36.9 Å². The van der Waals surface area contributed by atoms with Gasteiger partial charge in [-0.1, -0.05) is 65.1 Å². The summed E-state index contributed by atoms with van der Waals surface area (Å²) >= 11 is 2.17. The van der Waals surface area contributed by atoms with E-state index in [2.05, 4.69) is 75.7 Å². The predicted octanol–water partition coefficient (Wildman–Crippen LogP) is 1.33. The number of anilines is 2. The highest BCUT2D eigenvalue weighted by atomic mass is 127. The largest absolute Gasteiger partial charge is 0.445 e. The highest BCUT2D eigenvalue weighted by molar-refractivity contribution is 14.1. The summed E-state index contributed by atoms with van der Waals surface area (Å²) in [4.78, 5) is 110. The number of likely N-dealkylation sites (tertiary alicyclic amines) is 2. The molecule has 0 bridgehead atoms. The van der Waals surface area contributed by atoms with Crippen molar-refractivity contribution in [1.82, 2.24) is 45.7 Å². The molecule has 6 rings (SSSR count). The van der Waals surface area contributed by atoms with Crippen molar-refractivity contribution < 1.29 is 58.4 Å². The molecule has 71 heavy (non-hydrogen) atoms. The molecule has 2 aromatic heterocycles. The van der Waals surface area contributed by atoms with Gasteiger partial charge in [-0.05, 0) is 64.3 Å². The lowest BCUT2D eigenvalue weighted by Gasteiger charge is -2.43. The topological polar surface area (TPSA) is 320 Å². The number of aromatic nitrogens is 4. The number of carbonyl (C=O) groups excluding carboxylic acids is 7. The Morgan fingerprint density at radius 3 is 2.46 bits per heavy atom. The molecule has 5 heterocycles. The van der Waals surface area contributed by atoms with Gasteiger partial charge in [-0.15, -0.1) is 0 Å². The number of hydrogen-bond acceptors (Lipinski definition) is 16. The Labute approximate surface area is 422 Å². The molecule has 3 aromatic rings. The number of carbonyl (C=O) groups is 7. The average Bonchev–Trinajstić information content (AvgIpc) is 4.09. The van der Waals surface area contributed by atoms with E-state index in [1.807, 2.05) is 39.0 Å². The second kappa shape index (κ2) is 23.7. The third kappa shape index (κ3) is 13.1.